The SMILES string of the molecule is Cc1cc(C(=O)N[C@H]2CCO[C@@H]2c2ccnn2C)c2[nH]ncc2c1. The van der Waals surface area contributed by atoms with Crippen LogP contribution in [0.1, 0.15) is 34.1 Å². The van der Waals surface area contributed by atoms with Gasteiger partial charge in [-0.1, -0.05) is 0 Å². The fraction of sp³-hybridized carbons (Fsp3) is 0.353. The zero-order valence-corrected chi connectivity index (χ0v) is 13.6. The van der Waals surface area contributed by atoms with Gasteiger partial charge < -0.3 is 10.1 Å². The Kier molecular flexibility index (Phi) is 3.57. The number of ether oxygens (including phenoxy) is 1. The van der Waals surface area contributed by atoms with Crippen molar-refractivity contribution in [2.45, 2.75) is 25.5 Å². The quantitative estimate of drug-likeness (QED) is 0.770. The summed E-state index contributed by atoms with van der Waals surface area (Å²) in [6, 6.07) is 5.73. The van der Waals surface area contributed by atoms with Crippen LogP contribution in [0.5, 0.6) is 0 Å². The van der Waals surface area contributed by atoms with Gasteiger partial charge in [-0.15, -0.1) is 0 Å². The van der Waals surface area contributed by atoms with Gasteiger partial charge in [-0.05, 0) is 37.1 Å². The summed E-state index contributed by atoms with van der Waals surface area (Å²) in [5.74, 6) is -0.115. The van der Waals surface area contributed by atoms with Gasteiger partial charge in [0.1, 0.15) is 6.10 Å². The summed E-state index contributed by atoms with van der Waals surface area (Å²) < 4.78 is 7.61. The average molecular weight is 325 g/mol. The van der Waals surface area contributed by atoms with E-state index in [1.54, 1.807) is 17.1 Å². The number of H-pyrrole nitrogens is 1. The van der Waals surface area contributed by atoms with Crippen LogP contribution in [0.25, 0.3) is 10.9 Å². The highest BCUT2D eigenvalue weighted by Crippen LogP contribution is 2.29. The molecule has 1 amide bonds. The molecule has 0 radical (unpaired) electrons. The van der Waals surface area contributed by atoms with E-state index in [0.29, 0.717) is 12.2 Å². The van der Waals surface area contributed by atoms with Gasteiger partial charge in [-0.2, -0.15) is 10.2 Å². The normalized spacial score (nSPS) is 20.6. The lowest BCUT2D eigenvalue weighted by Crippen LogP contribution is -2.37. The molecule has 124 valence electrons. The number of nitrogens with zero attached hydrogens (tertiary/aromatic N) is 3. The summed E-state index contributed by atoms with van der Waals surface area (Å²) in [5.41, 5.74) is 3.36. The Bertz CT molecular complexity index is 897. The molecule has 0 saturated carbocycles. The molecule has 1 saturated heterocycles. The molecule has 0 aliphatic carbocycles. The van der Waals surface area contributed by atoms with Gasteiger partial charge in [-0.25, -0.2) is 0 Å². The van der Waals surface area contributed by atoms with Gasteiger partial charge in [0.2, 0.25) is 0 Å². The van der Waals surface area contributed by atoms with Crippen molar-refractivity contribution < 1.29 is 9.53 Å². The van der Waals surface area contributed by atoms with E-state index >= 15 is 0 Å². The predicted octanol–water partition coefficient (Wildman–Crippen LogP) is 1.86. The van der Waals surface area contributed by atoms with Crippen LogP contribution in [0.15, 0.2) is 30.6 Å². The molecular weight excluding hydrogens is 306 g/mol. The third-order valence-corrected chi connectivity index (χ3v) is 4.50. The molecular formula is C17H19N5O2. The third kappa shape index (κ3) is 2.46. The van der Waals surface area contributed by atoms with Crippen molar-refractivity contribution in [3.63, 3.8) is 0 Å². The zero-order valence-electron chi connectivity index (χ0n) is 13.6. The molecule has 1 aliphatic heterocycles. The number of carbonyl (C=O) groups is 1. The molecule has 24 heavy (non-hydrogen) atoms. The molecule has 7 nitrogen and oxygen atoms in total. The van der Waals surface area contributed by atoms with Crippen LogP contribution in [0, 0.1) is 6.92 Å². The van der Waals surface area contributed by atoms with Gasteiger partial charge in [0.25, 0.3) is 5.91 Å². The highest BCUT2D eigenvalue weighted by atomic mass is 16.5. The first-order valence-corrected chi connectivity index (χ1v) is 7.97. The minimum absolute atomic E-state index is 0.0774. The number of aromatic nitrogens is 4. The highest BCUT2D eigenvalue weighted by molar-refractivity contribution is 6.05. The molecule has 0 bridgehead atoms. The molecule has 3 aromatic rings. The zero-order chi connectivity index (χ0) is 16.7. The number of amides is 1. The molecule has 1 aliphatic rings. The number of hydrogen-bond donors (Lipinski definition) is 2. The first-order chi connectivity index (χ1) is 11.6. The minimum Gasteiger partial charge on any atom is -0.370 e. The van der Waals surface area contributed by atoms with E-state index < -0.39 is 0 Å². The molecule has 2 aromatic heterocycles. The van der Waals surface area contributed by atoms with Crippen LogP contribution < -0.4 is 5.32 Å². The largest absolute Gasteiger partial charge is 0.370 e. The van der Waals surface area contributed by atoms with Gasteiger partial charge in [0.05, 0.1) is 29.0 Å². The second-order valence-corrected chi connectivity index (χ2v) is 6.19. The van der Waals surface area contributed by atoms with E-state index in [9.17, 15) is 4.79 Å². The van der Waals surface area contributed by atoms with Crippen LogP contribution in [0.3, 0.4) is 0 Å². The number of nitrogens with one attached hydrogen (secondary N) is 2. The van der Waals surface area contributed by atoms with Crippen molar-refractivity contribution >= 4 is 16.8 Å². The van der Waals surface area contributed by atoms with Gasteiger partial charge in [0, 0.05) is 25.2 Å². The molecule has 2 N–H and O–H groups in total. The lowest BCUT2D eigenvalue weighted by molar-refractivity contribution is 0.0793. The van der Waals surface area contributed by atoms with Gasteiger partial charge in [0.15, 0.2) is 0 Å². The summed E-state index contributed by atoms with van der Waals surface area (Å²) in [6.45, 7) is 2.59. The minimum atomic E-state index is -0.177. The van der Waals surface area contributed by atoms with E-state index in [2.05, 4.69) is 20.6 Å². The predicted molar refractivity (Wildman–Crippen MR) is 88.6 cm³/mol. The van der Waals surface area contributed by atoms with Crippen LogP contribution in [-0.2, 0) is 11.8 Å². The maximum atomic E-state index is 12.8. The van der Waals surface area contributed by atoms with E-state index in [1.807, 2.05) is 32.2 Å². The Balaban J connectivity index is 1.61. The van der Waals surface area contributed by atoms with Crippen LogP contribution in [-0.4, -0.2) is 38.5 Å². The topological polar surface area (TPSA) is 84.8 Å². The van der Waals surface area contributed by atoms with Crippen molar-refractivity contribution in [3.05, 3.63) is 47.4 Å². The summed E-state index contributed by atoms with van der Waals surface area (Å²) in [5, 5.41) is 15.2. The maximum Gasteiger partial charge on any atom is 0.253 e. The molecule has 0 spiro atoms. The van der Waals surface area contributed by atoms with Crippen molar-refractivity contribution in [3.8, 4) is 0 Å². The number of hydrogen-bond acceptors (Lipinski definition) is 4. The van der Waals surface area contributed by atoms with Crippen LogP contribution in [0.2, 0.25) is 0 Å². The van der Waals surface area contributed by atoms with Gasteiger partial charge in [-0.3, -0.25) is 14.6 Å². The number of benzene rings is 1. The van der Waals surface area contributed by atoms with Crippen molar-refractivity contribution in [1.82, 2.24) is 25.3 Å². The van der Waals surface area contributed by atoms with E-state index in [0.717, 1.165) is 28.6 Å². The van der Waals surface area contributed by atoms with E-state index in [-0.39, 0.29) is 18.1 Å². The number of aromatic amines is 1. The summed E-state index contributed by atoms with van der Waals surface area (Å²) >= 11 is 0. The molecule has 4 rings (SSSR count). The summed E-state index contributed by atoms with van der Waals surface area (Å²) in [4.78, 5) is 12.8. The Labute approximate surface area is 139 Å². The first kappa shape index (κ1) is 14.9. The molecule has 1 fully saturated rings. The fourth-order valence-corrected chi connectivity index (χ4v) is 3.32. The number of aryl methyl sites for hydroxylation is 2. The van der Waals surface area contributed by atoms with Crippen molar-refractivity contribution in [1.29, 1.82) is 0 Å². The molecule has 0 unspecified atom stereocenters. The Hall–Kier alpha value is -2.67. The lowest BCUT2D eigenvalue weighted by Gasteiger charge is -2.20. The molecule has 2 atom stereocenters. The average Bonchev–Trinajstić information content (AvgIpc) is 3.26. The highest BCUT2D eigenvalue weighted by Gasteiger charge is 2.33. The summed E-state index contributed by atoms with van der Waals surface area (Å²) in [7, 11) is 1.88. The number of rotatable bonds is 3. The standard InChI is InChI=1S/C17H19N5O2/c1-10-7-11-9-18-21-15(11)12(8-10)17(23)20-13-4-6-24-16(13)14-3-5-19-22(14)2/h3,5,7-9,13,16H,4,6H2,1-2H3,(H,18,21)(H,20,23)/t13-,16-/m0/s1. The number of carbonyl (C=O) groups excluding carboxylic acids is 1. The third-order valence-electron chi connectivity index (χ3n) is 4.50. The molecule has 3 heterocycles. The lowest BCUT2D eigenvalue weighted by atomic mass is 10.0. The fourth-order valence-electron chi connectivity index (χ4n) is 3.32. The van der Waals surface area contributed by atoms with Gasteiger partial charge >= 0.3 is 0 Å². The second kappa shape index (κ2) is 5.76. The van der Waals surface area contributed by atoms with E-state index in [4.69, 9.17) is 4.74 Å². The maximum absolute atomic E-state index is 12.8. The molecule has 7 heteroatoms. The Morgan fingerprint density at radius 3 is 3.12 bits per heavy atom. The first-order valence-electron chi connectivity index (χ1n) is 7.97. The van der Waals surface area contributed by atoms with Crippen LogP contribution in [0.4, 0.5) is 0 Å². The molecule has 1 aromatic carbocycles. The second-order valence-electron chi connectivity index (χ2n) is 6.19. The van der Waals surface area contributed by atoms with Crippen molar-refractivity contribution in [2.24, 2.45) is 7.05 Å². The van der Waals surface area contributed by atoms with E-state index in [1.165, 1.54) is 0 Å². The Morgan fingerprint density at radius 1 is 1.46 bits per heavy atom. The number of fused-ring (bicyclic) bond motifs is 1. The summed E-state index contributed by atoms with van der Waals surface area (Å²) in [6.07, 6.45) is 4.07. The monoisotopic (exact) mass is 325 g/mol. The van der Waals surface area contributed by atoms with Crippen LogP contribution >= 0.6 is 0 Å². The van der Waals surface area contributed by atoms with Crippen molar-refractivity contribution in [2.75, 3.05) is 6.61 Å². The Morgan fingerprint density at radius 2 is 2.33 bits per heavy atom. The smallest absolute Gasteiger partial charge is 0.253 e.